The number of carbonyl (C=O) groups is 1. The molecule has 19 heavy (non-hydrogen) atoms. The van der Waals surface area contributed by atoms with Crippen LogP contribution in [0.1, 0.15) is 24.8 Å². The second kappa shape index (κ2) is 6.53. The topological polar surface area (TPSA) is 46.3 Å². The fourth-order valence-corrected chi connectivity index (χ4v) is 3.30. The van der Waals surface area contributed by atoms with Gasteiger partial charge in [0.15, 0.2) is 0 Å². The molecule has 0 bridgehead atoms. The largest absolute Gasteiger partial charge is 0.341 e. The predicted molar refractivity (Wildman–Crippen MR) is 80.5 cm³/mol. The van der Waals surface area contributed by atoms with Crippen molar-refractivity contribution in [3.63, 3.8) is 0 Å². The highest BCUT2D eigenvalue weighted by atomic mass is 79.9. The Morgan fingerprint density at radius 1 is 1.42 bits per heavy atom. The second-order valence-electron chi connectivity index (χ2n) is 5.32. The highest BCUT2D eigenvalue weighted by Gasteiger charge is 2.33. The van der Waals surface area contributed by atoms with E-state index in [2.05, 4.69) is 15.9 Å². The molecule has 0 saturated heterocycles. The van der Waals surface area contributed by atoms with Gasteiger partial charge in [0.1, 0.15) is 0 Å². The molecular formula is C15H21BrN2O. The normalized spacial score (nSPS) is 22.5. The van der Waals surface area contributed by atoms with Gasteiger partial charge in [-0.25, -0.2) is 0 Å². The van der Waals surface area contributed by atoms with Gasteiger partial charge in [-0.15, -0.1) is 0 Å². The molecule has 4 heteroatoms. The lowest BCUT2D eigenvalue weighted by molar-refractivity contribution is -0.135. The SMILES string of the molecule is CN(Cc1ccccc1Br)C(=O)[C@@H]1CCC[C@@H]1CN. The van der Waals surface area contributed by atoms with E-state index in [4.69, 9.17) is 5.73 Å². The molecule has 2 rings (SSSR count). The second-order valence-corrected chi connectivity index (χ2v) is 6.17. The van der Waals surface area contributed by atoms with E-state index in [0.29, 0.717) is 19.0 Å². The zero-order valence-electron chi connectivity index (χ0n) is 11.3. The maximum atomic E-state index is 12.5. The minimum Gasteiger partial charge on any atom is -0.341 e. The highest BCUT2D eigenvalue weighted by molar-refractivity contribution is 9.10. The first-order valence-electron chi connectivity index (χ1n) is 6.82. The van der Waals surface area contributed by atoms with Gasteiger partial charge >= 0.3 is 0 Å². The van der Waals surface area contributed by atoms with E-state index in [9.17, 15) is 4.79 Å². The highest BCUT2D eigenvalue weighted by Crippen LogP contribution is 2.32. The number of benzene rings is 1. The summed E-state index contributed by atoms with van der Waals surface area (Å²) in [6, 6.07) is 8.03. The molecule has 0 aliphatic heterocycles. The first-order valence-corrected chi connectivity index (χ1v) is 7.61. The van der Waals surface area contributed by atoms with Gasteiger partial charge in [0.2, 0.25) is 5.91 Å². The summed E-state index contributed by atoms with van der Waals surface area (Å²) in [5.74, 6) is 0.732. The van der Waals surface area contributed by atoms with Crippen LogP contribution >= 0.6 is 15.9 Å². The van der Waals surface area contributed by atoms with Gasteiger partial charge in [0.05, 0.1) is 0 Å². The van der Waals surface area contributed by atoms with Crippen molar-refractivity contribution in [1.29, 1.82) is 0 Å². The van der Waals surface area contributed by atoms with Crippen LogP contribution in [0.5, 0.6) is 0 Å². The number of amides is 1. The van der Waals surface area contributed by atoms with Crippen molar-refractivity contribution in [3.8, 4) is 0 Å². The summed E-state index contributed by atoms with van der Waals surface area (Å²) in [6.07, 6.45) is 3.21. The van der Waals surface area contributed by atoms with Gasteiger partial charge in [0.25, 0.3) is 0 Å². The lowest BCUT2D eigenvalue weighted by Crippen LogP contribution is -2.36. The average molecular weight is 325 g/mol. The van der Waals surface area contributed by atoms with Crippen molar-refractivity contribution >= 4 is 21.8 Å². The molecule has 1 aromatic carbocycles. The van der Waals surface area contributed by atoms with Crippen molar-refractivity contribution in [3.05, 3.63) is 34.3 Å². The Kier molecular flexibility index (Phi) is 4.99. The molecule has 1 saturated carbocycles. The standard InChI is InChI=1S/C15H21BrN2O/c1-18(10-12-5-2-3-8-14(12)16)15(19)13-7-4-6-11(13)9-17/h2-3,5,8,11,13H,4,6-7,9-10,17H2,1H3/t11-,13-/m1/s1. The summed E-state index contributed by atoms with van der Waals surface area (Å²) in [6.45, 7) is 1.27. The monoisotopic (exact) mass is 324 g/mol. The van der Waals surface area contributed by atoms with Crippen LogP contribution in [0, 0.1) is 11.8 Å². The van der Waals surface area contributed by atoms with E-state index in [1.165, 1.54) is 0 Å². The smallest absolute Gasteiger partial charge is 0.226 e. The van der Waals surface area contributed by atoms with E-state index in [1.54, 1.807) is 0 Å². The third-order valence-electron chi connectivity index (χ3n) is 4.02. The summed E-state index contributed by atoms with van der Waals surface area (Å²) in [5.41, 5.74) is 6.90. The number of hydrogen-bond acceptors (Lipinski definition) is 2. The van der Waals surface area contributed by atoms with E-state index < -0.39 is 0 Å². The Morgan fingerprint density at radius 3 is 2.84 bits per heavy atom. The quantitative estimate of drug-likeness (QED) is 0.925. The van der Waals surface area contributed by atoms with E-state index >= 15 is 0 Å². The maximum absolute atomic E-state index is 12.5. The molecule has 0 radical (unpaired) electrons. The first-order chi connectivity index (χ1) is 9.13. The number of rotatable bonds is 4. The van der Waals surface area contributed by atoms with Gasteiger partial charge in [-0.1, -0.05) is 40.5 Å². The summed E-state index contributed by atoms with van der Waals surface area (Å²) in [4.78, 5) is 14.3. The lowest BCUT2D eigenvalue weighted by Gasteiger charge is -2.25. The van der Waals surface area contributed by atoms with Crippen LogP contribution in [0.25, 0.3) is 0 Å². The van der Waals surface area contributed by atoms with Crippen LogP contribution in [0.15, 0.2) is 28.7 Å². The fourth-order valence-electron chi connectivity index (χ4n) is 2.89. The molecule has 104 valence electrons. The molecule has 2 N–H and O–H groups in total. The van der Waals surface area contributed by atoms with Crippen molar-refractivity contribution in [1.82, 2.24) is 4.90 Å². The zero-order valence-corrected chi connectivity index (χ0v) is 12.9. The molecular weight excluding hydrogens is 304 g/mol. The van der Waals surface area contributed by atoms with Crippen molar-refractivity contribution in [2.45, 2.75) is 25.8 Å². The molecule has 1 aliphatic rings. The summed E-state index contributed by atoms with van der Waals surface area (Å²) in [7, 11) is 1.88. The number of nitrogens with zero attached hydrogens (tertiary/aromatic N) is 1. The van der Waals surface area contributed by atoms with E-state index in [1.807, 2.05) is 36.2 Å². The minimum absolute atomic E-state index is 0.123. The third-order valence-corrected chi connectivity index (χ3v) is 4.79. The predicted octanol–water partition coefficient (Wildman–Crippen LogP) is 2.78. The molecule has 0 unspecified atom stereocenters. The molecule has 1 fully saturated rings. The Labute approximate surface area is 123 Å². The summed E-state index contributed by atoms with van der Waals surface area (Å²) >= 11 is 3.52. The lowest BCUT2D eigenvalue weighted by atomic mass is 9.95. The molecule has 1 aromatic rings. The number of halogens is 1. The molecule has 0 aromatic heterocycles. The van der Waals surface area contributed by atoms with Crippen molar-refractivity contribution in [2.75, 3.05) is 13.6 Å². The number of carbonyl (C=O) groups excluding carboxylic acids is 1. The molecule has 3 nitrogen and oxygen atoms in total. The molecule has 1 aliphatic carbocycles. The van der Waals surface area contributed by atoms with Gasteiger partial charge in [0, 0.05) is 24.0 Å². The Bertz CT molecular complexity index is 450. The Morgan fingerprint density at radius 2 is 2.16 bits per heavy atom. The van der Waals surface area contributed by atoms with Gasteiger partial charge in [-0.05, 0) is 36.9 Å². The van der Waals surface area contributed by atoms with Gasteiger partial charge in [-0.2, -0.15) is 0 Å². The summed E-state index contributed by atoms with van der Waals surface area (Å²) in [5, 5.41) is 0. The van der Waals surface area contributed by atoms with E-state index in [-0.39, 0.29) is 11.8 Å². The van der Waals surface area contributed by atoms with Crippen LogP contribution in [-0.4, -0.2) is 24.4 Å². The molecule has 0 heterocycles. The van der Waals surface area contributed by atoms with Crippen molar-refractivity contribution in [2.24, 2.45) is 17.6 Å². The number of hydrogen-bond donors (Lipinski definition) is 1. The van der Waals surface area contributed by atoms with Crippen LogP contribution < -0.4 is 5.73 Å². The number of nitrogens with two attached hydrogens (primary N) is 1. The van der Waals surface area contributed by atoms with Crippen LogP contribution in [0.4, 0.5) is 0 Å². The average Bonchev–Trinajstić information content (AvgIpc) is 2.88. The fraction of sp³-hybridized carbons (Fsp3) is 0.533. The van der Waals surface area contributed by atoms with E-state index in [0.717, 1.165) is 29.3 Å². The van der Waals surface area contributed by atoms with Crippen LogP contribution in [0.3, 0.4) is 0 Å². The zero-order chi connectivity index (χ0) is 13.8. The van der Waals surface area contributed by atoms with Gasteiger partial charge < -0.3 is 10.6 Å². The summed E-state index contributed by atoms with van der Waals surface area (Å²) < 4.78 is 1.05. The molecule has 1 amide bonds. The Balaban J connectivity index is 2.02. The minimum atomic E-state index is 0.123. The first kappa shape index (κ1) is 14.5. The van der Waals surface area contributed by atoms with Crippen LogP contribution in [0.2, 0.25) is 0 Å². The Hall–Kier alpha value is -0.870. The van der Waals surface area contributed by atoms with Gasteiger partial charge in [-0.3, -0.25) is 4.79 Å². The van der Waals surface area contributed by atoms with Crippen molar-refractivity contribution < 1.29 is 4.79 Å². The van der Waals surface area contributed by atoms with Crippen LogP contribution in [-0.2, 0) is 11.3 Å². The maximum Gasteiger partial charge on any atom is 0.226 e. The molecule has 2 atom stereocenters. The third kappa shape index (κ3) is 3.37. The molecule has 0 spiro atoms.